The highest BCUT2D eigenvalue weighted by atomic mass is 16.4. The van der Waals surface area contributed by atoms with Crippen LogP contribution in [0.15, 0.2) is 17.2 Å². The van der Waals surface area contributed by atoms with E-state index in [2.05, 4.69) is 4.98 Å². The van der Waals surface area contributed by atoms with E-state index in [0.29, 0.717) is 25.5 Å². The fourth-order valence-corrected chi connectivity index (χ4v) is 2.50. The molecule has 1 saturated heterocycles. The van der Waals surface area contributed by atoms with Crippen LogP contribution in [-0.4, -0.2) is 33.7 Å². The summed E-state index contributed by atoms with van der Waals surface area (Å²) >= 11 is 0. The molecule has 0 saturated carbocycles. The zero-order chi connectivity index (χ0) is 13.8. The molecule has 2 heterocycles. The highest BCUT2D eigenvalue weighted by molar-refractivity contribution is 5.67. The number of rotatable bonds is 4. The molecule has 6 nitrogen and oxygen atoms in total. The molecular weight excluding hydrogens is 246 g/mol. The van der Waals surface area contributed by atoms with Crippen LogP contribution in [0.5, 0.6) is 0 Å². The highest BCUT2D eigenvalue weighted by Crippen LogP contribution is 2.22. The third-order valence-electron chi connectivity index (χ3n) is 3.61. The van der Waals surface area contributed by atoms with Crippen molar-refractivity contribution >= 4 is 11.8 Å². The minimum absolute atomic E-state index is 0.0679. The van der Waals surface area contributed by atoms with Crippen molar-refractivity contribution in [2.24, 2.45) is 5.92 Å². The molecule has 1 aromatic rings. The summed E-state index contributed by atoms with van der Waals surface area (Å²) in [6, 6.07) is 0. The maximum Gasteiger partial charge on any atom is 0.303 e. The average Bonchev–Trinajstić information content (AvgIpc) is 2.39. The molecule has 1 aromatic heterocycles. The fourth-order valence-electron chi connectivity index (χ4n) is 2.50. The number of hydrogen-bond acceptors (Lipinski definition) is 4. The van der Waals surface area contributed by atoms with Crippen LogP contribution in [-0.2, 0) is 11.3 Å². The number of anilines is 1. The van der Waals surface area contributed by atoms with Crippen molar-refractivity contribution in [3.05, 3.63) is 22.7 Å². The monoisotopic (exact) mass is 265 g/mol. The Bertz CT molecular complexity index is 504. The molecule has 0 spiro atoms. The van der Waals surface area contributed by atoms with E-state index >= 15 is 0 Å². The van der Waals surface area contributed by atoms with Gasteiger partial charge in [-0.15, -0.1) is 0 Å². The van der Waals surface area contributed by atoms with Crippen molar-refractivity contribution in [2.45, 2.75) is 32.7 Å². The van der Waals surface area contributed by atoms with Gasteiger partial charge >= 0.3 is 5.97 Å². The Morgan fingerprint density at radius 1 is 1.47 bits per heavy atom. The van der Waals surface area contributed by atoms with Crippen LogP contribution >= 0.6 is 0 Å². The third-order valence-corrected chi connectivity index (χ3v) is 3.61. The van der Waals surface area contributed by atoms with Crippen LogP contribution in [0.2, 0.25) is 0 Å². The van der Waals surface area contributed by atoms with Gasteiger partial charge in [-0.25, -0.2) is 4.98 Å². The molecular formula is C13H19N3O3. The Balaban J connectivity index is 2.06. The van der Waals surface area contributed by atoms with Crippen molar-refractivity contribution in [3.8, 4) is 0 Å². The minimum atomic E-state index is -0.746. The van der Waals surface area contributed by atoms with Crippen LogP contribution in [0.4, 0.5) is 5.82 Å². The molecule has 6 heteroatoms. The molecule has 104 valence electrons. The zero-order valence-corrected chi connectivity index (χ0v) is 11.1. The predicted molar refractivity (Wildman–Crippen MR) is 71.4 cm³/mol. The lowest BCUT2D eigenvalue weighted by atomic mass is 9.94. The van der Waals surface area contributed by atoms with Gasteiger partial charge in [-0.2, -0.15) is 0 Å². The number of carboxylic acids is 1. The van der Waals surface area contributed by atoms with Gasteiger partial charge in [0.2, 0.25) is 0 Å². The van der Waals surface area contributed by atoms with E-state index in [1.165, 1.54) is 0 Å². The van der Waals surface area contributed by atoms with E-state index in [1.54, 1.807) is 17.0 Å². The summed E-state index contributed by atoms with van der Waals surface area (Å²) in [5.74, 6) is -0.0476. The quantitative estimate of drug-likeness (QED) is 0.877. The van der Waals surface area contributed by atoms with E-state index in [0.717, 1.165) is 12.8 Å². The van der Waals surface area contributed by atoms with Crippen molar-refractivity contribution in [1.29, 1.82) is 0 Å². The molecule has 1 fully saturated rings. The predicted octanol–water partition coefficient (Wildman–Crippen LogP) is 0.954. The summed E-state index contributed by atoms with van der Waals surface area (Å²) in [5.41, 5.74) is -0.0679. The SMILES string of the molecule is CCn1ccnc(N2CCC(CC(=O)O)CC2)c1=O. The van der Waals surface area contributed by atoms with E-state index in [9.17, 15) is 9.59 Å². The van der Waals surface area contributed by atoms with Gasteiger partial charge in [-0.3, -0.25) is 9.59 Å². The summed E-state index contributed by atoms with van der Waals surface area (Å²) in [4.78, 5) is 28.9. The number of carboxylic acid groups (broad SMARTS) is 1. The molecule has 0 radical (unpaired) electrons. The van der Waals surface area contributed by atoms with Gasteiger partial charge in [0.15, 0.2) is 5.82 Å². The number of hydrogen-bond donors (Lipinski definition) is 1. The lowest BCUT2D eigenvalue weighted by molar-refractivity contribution is -0.138. The lowest BCUT2D eigenvalue weighted by Gasteiger charge is -2.31. The van der Waals surface area contributed by atoms with Crippen molar-refractivity contribution < 1.29 is 9.90 Å². The number of aryl methyl sites for hydroxylation is 1. The van der Waals surface area contributed by atoms with E-state index in [4.69, 9.17) is 5.11 Å². The molecule has 1 aliphatic heterocycles. The second-order valence-corrected chi connectivity index (χ2v) is 4.87. The second kappa shape index (κ2) is 5.86. The van der Waals surface area contributed by atoms with Gasteiger partial charge in [0.25, 0.3) is 5.56 Å². The first-order valence-electron chi connectivity index (χ1n) is 6.64. The average molecular weight is 265 g/mol. The zero-order valence-electron chi connectivity index (χ0n) is 11.1. The molecule has 0 amide bonds. The van der Waals surface area contributed by atoms with Gasteiger partial charge in [0, 0.05) is 38.4 Å². The maximum absolute atomic E-state index is 12.1. The Labute approximate surface area is 111 Å². The van der Waals surface area contributed by atoms with Gasteiger partial charge in [0.1, 0.15) is 0 Å². The summed E-state index contributed by atoms with van der Waals surface area (Å²) in [6.07, 6.45) is 5.14. The van der Waals surface area contributed by atoms with Crippen LogP contribution in [0.3, 0.4) is 0 Å². The Hall–Kier alpha value is -1.85. The number of piperidine rings is 1. The van der Waals surface area contributed by atoms with Crippen molar-refractivity contribution in [3.63, 3.8) is 0 Å². The molecule has 1 aliphatic rings. The Kier molecular flexibility index (Phi) is 4.19. The lowest BCUT2D eigenvalue weighted by Crippen LogP contribution is -2.39. The van der Waals surface area contributed by atoms with Gasteiger partial charge in [0.05, 0.1) is 0 Å². The second-order valence-electron chi connectivity index (χ2n) is 4.87. The summed E-state index contributed by atoms with van der Waals surface area (Å²) < 4.78 is 1.63. The largest absolute Gasteiger partial charge is 0.481 e. The highest BCUT2D eigenvalue weighted by Gasteiger charge is 2.23. The Morgan fingerprint density at radius 2 is 2.16 bits per heavy atom. The Morgan fingerprint density at radius 3 is 2.74 bits per heavy atom. The molecule has 19 heavy (non-hydrogen) atoms. The van der Waals surface area contributed by atoms with E-state index in [-0.39, 0.29) is 17.9 Å². The normalized spacial score (nSPS) is 16.6. The molecule has 0 aromatic carbocycles. The molecule has 2 rings (SSSR count). The fraction of sp³-hybridized carbons (Fsp3) is 0.615. The summed E-state index contributed by atoms with van der Waals surface area (Å²) in [6.45, 7) is 3.95. The molecule has 0 bridgehead atoms. The van der Waals surface area contributed by atoms with Crippen LogP contribution in [0.25, 0.3) is 0 Å². The van der Waals surface area contributed by atoms with Gasteiger partial charge in [-0.1, -0.05) is 0 Å². The smallest absolute Gasteiger partial charge is 0.303 e. The number of aromatic nitrogens is 2. The van der Waals surface area contributed by atoms with Crippen molar-refractivity contribution in [2.75, 3.05) is 18.0 Å². The number of carbonyl (C=O) groups is 1. The maximum atomic E-state index is 12.1. The van der Waals surface area contributed by atoms with Crippen molar-refractivity contribution in [1.82, 2.24) is 9.55 Å². The molecule has 1 N–H and O–H groups in total. The topological polar surface area (TPSA) is 75.4 Å². The first-order chi connectivity index (χ1) is 9.11. The standard InChI is InChI=1S/C13H19N3O3/c1-2-15-8-5-14-12(13(15)19)16-6-3-10(4-7-16)9-11(17)18/h5,8,10H,2-4,6-7,9H2,1H3,(H,17,18). The first kappa shape index (κ1) is 13.6. The number of aliphatic carboxylic acids is 1. The van der Waals surface area contributed by atoms with Crippen LogP contribution in [0, 0.1) is 5.92 Å². The van der Waals surface area contributed by atoms with Gasteiger partial charge in [-0.05, 0) is 25.7 Å². The van der Waals surface area contributed by atoms with E-state index in [1.807, 2.05) is 11.8 Å². The molecule has 0 unspecified atom stereocenters. The minimum Gasteiger partial charge on any atom is -0.481 e. The third kappa shape index (κ3) is 3.13. The van der Waals surface area contributed by atoms with E-state index < -0.39 is 5.97 Å². The van der Waals surface area contributed by atoms with Crippen LogP contribution in [0.1, 0.15) is 26.2 Å². The van der Waals surface area contributed by atoms with Crippen LogP contribution < -0.4 is 10.5 Å². The summed E-state index contributed by atoms with van der Waals surface area (Å²) in [7, 11) is 0. The first-order valence-corrected chi connectivity index (χ1v) is 6.64. The molecule has 0 atom stereocenters. The molecule has 0 aliphatic carbocycles. The summed E-state index contributed by atoms with van der Waals surface area (Å²) in [5, 5.41) is 8.78. The van der Waals surface area contributed by atoms with Gasteiger partial charge < -0.3 is 14.6 Å². The number of nitrogens with zero attached hydrogens (tertiary/aromatic N) is 3.